The molecule has 122 valence electrons. The Morgan fingerprint density at radius 3 is 2.50 bits per heavy atom. The minimum absolute atomic E-state index is 0.0270. The first-order chi connectivity index (χ1) is 10.2. The van der Waals surface area contributed by atoms with Crippen LogP contribution in [0.25, 0.3) is 0 Å². The summed E-state index contributed by atoms with van der Waals surface area (Å²) >= 11 is 0. The van der Waals surface area contributed by atoms with Gasteiger partial charge >= 0.3 is 0 Å². The smallest absolute Gasteiger partial charge is 0.230 e. The molecule has 0 saturated carbocycles. The second kappa shape index (κ2) is 6.32. The first-order valence-electron chi connectivity index (χ1n) is 7.14. The van der Waals surface area contributed by atoms with Gasteiger partial charge in [-0.3, -0.25) is 4.79 Å². The number of carbonyl (C=O) groups excluding carboxylic acids is 1. The fourth-order valence-corrected chi connectivity index (χ4v) is 4.45. The number of sulfone groups is 1. The molecule has 0 N–H and O–H groups in total. The third-order valence-corrected chi connectivity index (χ3v) is 5.74. The van der Waals surface area contributed by atoms with E-state index in [4.69, 9.17) is 0 Å². The van der Waals surface area contributed by atoms with E-state index in [9.17, 15) is 22.0 Å². The SMILES string of the molecule is CC1CN(C(=O)C(C)c2c(F)cccc2F)CCS(=O)(=O)C1. The quantitative estimate of drug-likeness (QED) is 0.832. The van der Waals surface area contributed by atoms with Crippen molar-refractivity contribution < 1.29 is 22.0 Å². The molecule has 1 saturated heterocycles. The maximum atomic E-state index is 13.8. The van der Waals surface area contributed by atoms with Crippen molar-refractivity contribution in [1.29, 1.82) is 0 Å². The lowest BCUT2D eigenvalue weighted by Gasteiger charge is -2.26. The first kappa shape index (κ1) is 16.9. The van der Waals surface area contributed by atoms with Crippen LogP contribution in [-0.4, -0.2) is 43.8 Å². The van der Waals surface area contributed by atoms with Gasteiger partial charge in [0.15, 0.2) is 9.84 Å². The van der Waals surface area contributed by atoms with E-state index in [0.29, 0.717) is 0 Å². The zero-order chi connectivity index (χ0) is 16.5. The number of carbonyl (C=O) groups is 1. The van der Waals surface area contributed by atoms with E-state index in [2.05, 4.69) is 0 Å². The predicted octanol–water partition coefficient (Wildman–Crippen LogP) is 1.96. The summed E-state index contributed by atoms with van der Waals surface area (Å²) in [6.45, 7) is 3.52. The number of benzene rings is 1. The van der Waals surface area contributed by atoms with E-state index < -0.39 is 33.3 Å². The summed E-state index contributed by atoms with van der Waals surface area (Å²) in [6, 6.07) is 3.46. The maximum absolute atomic E-state index is 13.8. The van der Waals surface area contributed by atoms with Gasteiger partial charge in [0.2, 0.25) is 5.91 Å². The molecule has 22 heavy (non-hydrogen) atoms. The highest BCUT2D eigenvalue weighted by molar-refractivity contribution is 7.91. The molecule has 0 spiro atoms. The van der Waals surface area contributed by atoms with Crippen LogP contribution < -0.4 is 0 Å². The van der Waals surface area contributed by atoms with Crippen molar-refractivity contribution in [2.75, 3.05) is 24.6 Å². The van der Waals surface area contributed by atoms with Crippen molar-refractivity contribution >= 4 is 15.7 Å². The summed E-state index contributed by atoms with van der Waals surface area (Å²) in [4.78, 5) is 13.9. The van der Waals surface area contributed by atoms with Crippen molar-refractivity contribution in [3.05, 3.63) is 35.4 Å². The molecule has 2 atom stereocenters. The third-order valence-electron chi connectivity index (χ3n) is 3.86. The van der Waals surface area contributed by atoms with Crippen LogP contribution in [0.15, 0.2) is 18.2 Å². The van der Waals surface area contributed by atoms with Gasteiger partial charge in [-0.2, -0.15) is 0 Å². The van der Waals surface area contributed by atoms with Crippen LogP contribution in [0.3, 0.4) is 0 Å². The Morgan fingerprint density at radius 2 is 1.91 bits per heavy atom. The Morgan fingerprint density at radius 1 is 1.32 bits per heavy atom. The molecular formula is C15H19F2NO3S. The second-order valence-electron chi connectivity index (χ2n) is 5.86. The Balaban J connectivity index is 2.24. The molecule has 2 rings (SSSR count). The first-order valence-corrected chi connectivity index (χ1v) is 8.96. The lowest BCUT2D eigenvalue weighted by atomic mass is 9.98. The zero-order valence-electron chi connectivity index (χ0n) is 12.6. The van der Waals surface area contributed by atoms with Crippen LogP contribution in [-0.2, 0) is 14.6 Å². The molecule has 1 fully saturated rings. The number of rotatable bonds is 2. The summed E-state index contributed by atoms with van der Waals surface area (Å²) in [5, 5.41) is 0. The monoisotopic (exact) mass is 331 g/mol. The summed E-state index contributed by atoms with van der Waals surface area (Å²) in [5.74, 6) is -3.27. The fourth-order valence-electron chi connectivity index (χ4n) is 2.81. The standard InChI is InChI=1S/C15H19F2NO3S/c1-10-8-18(6-7-22(20,21)9-10)15(19)11(2)14-12(16)4-3-5-13(14)17/h3-5,10-11H,6-9H2,1-2H3. The van der Waals surface area contributed by atoms with Gasteiger partial charge in [0.1, 0.15) is 11.6 Å². The Labute approximate surface area is 129 Å². The van der Waals surface area contributed by atoms with Crippen LogP contribution in [0, 0.1) is 17.6 Å². The third kappa shape index (κ3) is 3.63. The van der Waals surface area contributed by atoms with Gasteiger partial charge in [0.05, 0.1) is 17.4 Å². The van der Waals surface area contributed by atoms with E-state index >= 15 is 0 Å². The molecule has 0 bridgehead atoms. The van der Waals surface area contributed by atoms with E-state index in [1.807, 2.05) is 0 Å². The van der Waals surface area contributed by atoms with Crippen molar-refractivity contribution in [3.8, 4) is 0 Å². The number of amides is 1. The van der Waals surface area contributed by atoms with Crippen LogP contribution in [0.2, 0.25) is 0 Å². The Kier molecular flexibility index (Phi) is 4.84. The molecular weight excluding hydrogens is 312 g/mol. The maximum Gasteiger partial charge on any atom is 0.230 e. The molecule has 1 aromatic carbocycles. The molecule has 1 aromatic rings. The summed E-state index contributed by atoms with van der Waals surface area (Å²) in [7, 11) is -3.18. The van der Waals surface area contributed by atoms with Gasteiger partial charge < -0.3 is 4.90 Å². The minimum Gasteiger partial charge on any atom is -0.341 e. The number of nitrogens with zero attached hydrogens (tertiary/aromatic N) is 1. The lowest BCUT2D eigenvalue weighted by molar-refractivity contribution is -0.132. The molecule has 0 aliphatic carbocycles. The number of hydrogen-bond acceptors (Lipinski definition) is 3. The molecule has 7 heteroatoms. The van der Waals surface area contributed by atoms with Gasteiger partial charge in [-0.15, -0.1) is 0 Å². The fraction of sp³-hybridized carbons (Fsp3) is 0.533. The lowest BCUT2D eigenvalue weighted by Crippen LogP contribution is -2.38. The molecule has 0 aromatic heterocycles. The van der Waals surface area contributed by atoms with Gasteiger partial charge in [0, 0.05) is 18.7 Å². The topological polar surface area (TPSA) is 54.5 Å². The van der Waals surface area contributed by atoms with E-state index in [0.717, 1.165) is 12.1 Å². The Hall–Kier alpha value is -1.50. The Bertz CT molecular complexity index is 655. The normalized spacial score (nSPS) is 22.9. The average Bonchev–Trinajstić information content (AvgIpc) is 2.54. The molecule has 0 radical (unpaired) electrons. The van der Waals surface area contributed by atoms with Crippen molar-refractivity contribution in [3.63, 3.8) is 0 Å². The van der Waals surface area contributed by atoms with Crippen molar-refractivity contribution in [2.24, 2.45) is 5.92 Å². The highest BCUT2D eigenvalue weighted by Crippen LogP contribution is 2.25. The molecule has 2 unspecified atom stereocenters. The number of hydrogen-bond donors (Lipinski definition) is 0. The second-order valence-corrected chi connectivity index (χ2v) is 8.09. The van der Waals surface area contributed by atoms with Crippen molar-refractivity contribution in [2.45, 2.75) is 19.8 Å². The van der Waals surface area contributed by atoms with E-state index in [-0.39, 0.29) is 36.1 Å². The zero-order valence-corrected chi connectivity index (χ0v) is 13.4. The highest BCUT2D eigenvalue weighted by Gasteiger charge is 2.31. The largest absolute Gasteiger partial charge is 0.341 e. The van der Waals surface area contributed by atoms with Crippen molar-refractivity contribution in [1.82, 2.24) is 4.90 Å². The van der Waals surface area contributed by atoms with Gasteiger partial charge in [-0.25, -0.2) is 17.2 Å². The van der Waals surface area contributed by atoms with E-state index in [1.54, 1.807) is 6.92 Å². The highest BCUT2D eigenvalue weighted by atomic mass is 32.2. The summed E-state index contributed by atoms with van der Waals surface area (Å²) in [6.07, 6.45) is 0. The minimum atomic E-state index is -3.18. The number of halogens is 2. The summed E-state index contributed by atoms with van der Waals surface area (Å²) < 4.78 is 51.1. The van der Waals surface area contributed by atoms with Gasteiger partial charge in [0.25, 0.3) is 0 Å². The molecule has 1 amide bonds. The molecule has 1 aliphatic rings. The average molecular weight is 331 g/mol. The molecule has 1 heterocycles. The molecule has 4 nitrogen and oxygen atoms in total. The summed E-state index contributed by atoms with van der Waals surface area (Å²) in [5.41, 5.74) is -0.271. The van der Waals surface area contributed by atoms with Gasteiger partial charge in [-0.05, 0) is 25.0 Å². The van der Waals surface area contributed by atoms with Crippen LogP contribution >= 0.6 is 0 Å². The molecule has 1 aliphatic heterocycles. The van der Waals surface area contributed by atoms with Crippen LogP contribution in [0.1, 0.15) is 25.3 Å². The van der Waals surface area contributed by atoms with Gasteiger partial charge in [-0.1, -0.05) is 13.0 Å². The van der Waals surface area contributed by atoms with Crippen LogP contribution in [0.5, 0.6) is 0 Å². The predicted molar refractivity (Wildman–Crippen MR) is 79.2 cm³/mol. The van der Waals surface area contributed by atoms with E-state index in [1.165, 1.54) is 17.9 Å². The van der Waals surface area contributed by atoms with Crippen LogP contribution in [0.4, 0.5) is 8.78 Å².